The molecule has 1 amide bonds. The number of aromatic nitrogens is 4. The first-order valence-electron chi connectivity index (χ1n) is 10.3. The number of carbonyl (C=O) groups is 2. The summed E-state index contributed by atoms with van der Waals surface area (Å²) >= 11 is 0. The minimum Gasteiger partial charge on any atom is -0.481 e. The van der Waals surface area contributed by atoms with E-state index in [4.69, 9.17) is 5.11 Å². The average Bonchev–Trinajstić information content (AvgIpc) is 3.04. The Bertz CT molecular complexity index is 887. The van der Waals surface area contributed by atoms with Gasteiger partial charge in [0.2, 0.25) is 5.91 Å². The first-order valence-corrected chi connectivity index (χ1v) is 10.3. The summed E-state index contributed by atoms with van der Waals surface area (Å²) in [6, 6.07) is 0. The van der Waals surface area contributed by atoms with Gasteiger partial charge in [-0.2, -0.15) is 5.10 Å². The number of carboxylic acids is 1. The van der Waals surface area contributed by atoms with Crippen molar-refractivity contribution in [2.24, 2.45) is 11.8 Å². The first kappa shape index (κ1) is 19.5. The smallest absolute Gasteiger partial charge is 0.306 e. The number of carboxylic acid groups (broad SMARTS) is 1. The number of hydrogen-bond donors (Lipinski definition) is 1. The van der Waals surface area contributed by atoms with Crippen molar-refractivity contribution in [3.8, 4) is 0 Å². The Morgan fingerprint density at radius 3 is 2.59 bits per heavy atom. The van der Waals surface area contributed by atoms with E-state index in [9.17, 15) is 9.59 Å². The average molecular weight is 397 g/mol. The van der Waals surface area contributed by atoms with Gasteiger partial charge in [-0.15, -0.1) is 0 Å². The van der Waals surface area contributed by atoms with Crippen LogP contribution in [0.25, 0.3) is 0 Å². The Labute approximate surface area is 170 Å². The van der Waals surface area contributed by atoms with Gasteiger partial charge < -0.3 is 10.0 Å². The zero-order chi connectivity index (χ0) is 20.4. The first-order chi connectivity index (χ1) is 14.0. The highest BCUT2D eigenvalue weighted by Gasteiger charge is 2.30. The van der Waals surface area contributed by atoms with Crippen molar-refractivity contribution in [3.63, 3.8) is 0 Å². The predicted molar refractivity (Wildman–Crippen MR) is 105 cm³/mol. The largest absolute Gasteiger partial charge is 0.481 e. The molecule has 8 heteroatoms. The lowest BCUT2D eigenvalue weighted by atomic mass is 9.80. The molecule has 0 bridgehead atoms. The SMILES string of the molecule is Cc1nn(Cc2cncnc2)c2c1CCN(C(=O)C[C@H]1CC[C@H](C(=O)O)CC1)C2. The van der Waals surface area contributed by atoms with Gasteiger partial charge in [-0.05, 0) is 50.5 Å². The van der Waals surface area contributed by atoms with E-state index >= 15 is 0 Å². The quantitative estimate of drug-likeness (QED) is 0.830. The van der Waals surface area contributed by atoms with Crippen LogP contribution in [0.5, 0.6) is 0 Å². The molecule has 0 saturated heterocycles. The molecule has 0 unspecified atom stereocenters. The van der Waals surface area contributed by atoms with Gasteiger partial charge in [-0.25, -0.2) is 9.97 Å². The van der Waals surface area contributed by atoms with Crippen molar-refractivity contribution in [2.45, 2.75) is 58.5 Å². The molecule has 2 aromatic rings. The van der Waals surface area contributed by atoms with Crippen LogP contribution in [-0.2, 0) is 29.1 Å². The maximum absolute atomic E-state index is 12.9. The van der Waals surface area contributed by atoms with Gasteiger partial charge >= 0.3 is 5.97 Å². The normalized spacial score (nSPS) is 21.6. The minimum atomic E-state index is -0.703. The Morgan fingerprint density at radius 1 is 1.17 bits per heavy atom. The van der Waals surface area contributed by atoms with Crippen LogP contribution >= 0.6 is 0 Å². The number of fused-ring (bicyclic) bond motifs is 1. The van der Waals surface area contributed by atoms with Crippen LogP contribution in [0.3, 0.4) is 0 Å². The van der Waals surface area contributed by atoms with E-state index in [1.807, 2.05) is 16.5 Å². The monoisotopic (exact) mass is 397 g/mol. The second-order valence-corrected chi connectivity index (χ2v) is 8.24. The predicted octanol–water partition coefficient (Wildman–Crippen LogP) is 2.20. The third-order valence-electron chi connectivity index (χ3n) is 6.30. The Morgan fingerprint density at radius 2 is 1.90 bits per heavy atom. The number of aryl methyl sites for hydroxylation is 1. The molecule has 1 aliphatic heterocycles. The third-order valence-corrected chi connectivity index (χ3v) is 6.30. The maximum Gasteiger partial charge on any atom is 0.306 e. The lowest BCUT2D eigenvalue weighted by Gasteiger charge is -2.31. The summed E-state index contributed by atoms with van der Waals surface area (Å²) in [5.74, 6) is -0.473. The molecule has 1 fully saturated rings. The zero-order valence-corrected chi connectivity index (χ0v) is 16.8. The summed E-state index contributed by atoms with van der Waals surface area (Å²) in [7, 11) is 0. The topological polar surface area (TPSA) is 101 Å². The maximum atomic E-state index is 12.9. The molecular formula is C21H27N5O3. The molecule has 0 atom stereocenters. The molecule has 1 N–H and O–H groups in total. The van der Waals surface area contributed by atoms with Crippen molar-refractivity contribution in [1.29, 1.82) is 0 Å². The molecule has 2 aromatic heterocycles. The molecule has 1 aliphatic carbocycles. The van der Waals surface area contributed by atoms with Crippen molar-refractivity contribution >= 4 is 11.9 Å². The minimum absolute atomic E-state index is 0.169. The fraction of sp³-hybridized carbons (Fsp3) is 0.571. The third kappa shape index (κ3) is 4.31. The highest BCUT2D eigenvalue weighted by Crippen LogP contribution is 2.32. The second-order valence-electron chi connectivity index (χ2n) is 8.24. The van der Waals surface area contributed by atoms with E-state index in [2.05, 4.69) is 15.1 Å². The highest BCUT2D eigenvalue weighted by molar-refractivity contribution is 5.77. The van der Waals surface area contributed by atoms with Crippen LogP contribution in [0.15, 0.2) is 18.7 Å². The van der Waals surface area contributed by atoms with Gasteiger partial charge in [0, 0.05) is 30.9 Å². The van der Waals surface area contributed by atoms with E-state index < -0.39 is 5.97 Å². The molecule has 2 aliphatic rings. The van der Waals surface area contributed by atoms with Gasteiger partial charge in [-0.1, -0.05) is 0 Å². The summed E-state index contributed by atoms with van der Waals surface area (Å²) in [6.45, 7) is 3.91. The molecule has 0 aromatic carbocycles. The summed E-state index contributed by atoms with van der Waals surface area (Å²) in [4.78, 5) is 34.1. The van der Waals surface area contributed by atoms with Crippen LogP contribution in [0.4, 0.5) is 0 Å². The van der Waals surface area contributed by atoms with Crippen molar-refractivity contribution < 1.29 is 14.7 Å². The van der Waals surface area contributed by atoms with Crippen LogP contribution < -0.4 is 0 Å². The molecule has 8 nitrogen and oxygen atoms in total. The van der Waals surface area contributed by atoms with E-state index in [-0.39, 0.29) is 11.8 Å². The Hall–Kier alpha value is -2.77. The lowest BCUT2D eigenvalue weighted by Crippen LogP contribution is -2.38. The van der Waals surface area contributed by atoms with E-state index in [1.54, 1.807) is 12.4 Å². The van der Waals surface area contributed by atoms with Crippen LogP contribution in [0, 0.1) is 18.8 Å². The molecule has 4 rings (SSSR count). The van der Waals surface area contributed by atoms with E-state index in [1.165, 1.54) is 11.9 Å². The molecular weight excluding hydrogens is 370 g/mol. The fourth-order valence-electron chi connectivity index (χ4n) is 4.59. The second kappa shape index (κ2) is 8.31. The molecule has 1 saturated carbocycles. The summed E-state index contributed by atoms with van der Waals surface area (Å²) in [5.41, 5.74) is 4.35. The van der Waals surface area contributed by atoms with Crippen molar-refractivity contribution in [2.75, 3.05) is 6.54 Å². The molecule has 154 valence electrons. The lowest BCUT2D eigenvalue weighted by molar-refractivity contribution is -0.143. The van der Waals surface area contributed by atoms with Gasteiger partial charge in [-0.3, -0.25) is 14.3 Å². The Kier molecular flexibility index (Phi) is 5.60. The van der Waals surface area contributed by atoms with Crippen LogP contribution in [0.2, 0.25) is 0 Å². The van der Waals surface area contributed by atoms with Crippen molar-refractivity contribution in [1.82, 2.24) is 24.6 Å². The molecule has 0 radical (unpaired) electrons. The molecule has 0 spiro atoms. The standard InChI is InChI=1S/C21H27N5O3/c1-14-18-6-7-25(20(27)8-15-2-4-17(5-3-15)21(28)29)12-19(18)26(24-14)11-16-9-22-13-23-10-16/h9-10,13,15,17H,2-8,11-12H2,1H3,(H,28,29)/t15-,17-. The number of amides is 1. The summed E-state index contributed by atoms with van der Waals surface area (Å²) in [5, 5.41) is 13.8. The fourth-order valence-corrected chi connectivity index (χ4v) is 4.59. The highest BCUT2D eigenvalue weighted by atomic mass is 16.4. The summed E-state index contributed by atoms with van der Waals surface area (Å²) < 4.78 is 1.97. The number of rotatable bonds is 5. The van der Waals surface area contributed by atoms with E-state index in [0.717, 1.165) is 42.8 Å². The van der Waals surface area contributed by atoms with Crippen LogP contribution in [-0.4, -0.2) is 48.2 Å². The zero-order valence-electron chi connectivity index (χ0n) is 16.8. The van der Waals surface area contributed by atoms with Crippen molar-refractivity contribution in [3.05, 3.63) is 41.2 Å². The number of hydrogen-bond acceptors (Lipinski definition) is 5. The van der Waals surface area contributed by atoms with E-state index in [0.29, 0.717) is 38.3 Å². The molecule has 3 heterocycles. The molecule has 29 heavy (non-hydrogen) atoms. The van der Waals surface area contributed by atoms with Crippen LogP contribution in [0.1, 0.15) is 54.6 Å². The van der Waals surface area contributed by atoms with Gasteiger partial charge in [0.15, 0.2) is 0 Å². The Balaban J connectivity index is 1.40. The number of carbonyl (C=O) groups excluding carboxylic acids is 1. The number of nitrogens with zero attached hydrogens (tertiary/aromatic N) is 5. The van der Waals surface area contributed by atoms with Gasteiger partial charge in [0.1, 0.15) is 6.33 Å². The number of aliphatic carboxylic acids is 1. The van der Waals surface area contributed by atoms with Gasteiger partial charge in [0.25, 0.3) is 0 Å². The van der Waals surface area contributed by atoms with Gasteiger partial charge in [0.05, 0.1) is 30.4 Å². The summed E-state index contributed by atoms with van der Waals surface area (Å²) in [6.07, 6.45) is 9.44.